The van der Waals surface area contributed by atoms with Crippen molar-refractivity contribution in [3.8, 4) is 0 Å². The fourth-order valence-corrected chi connectivity index (χ4v) is 3.75. The summed E-state index contributed by atoms with van der Waals surface area (Å²) in [6, 6.07) is 14.3. The minimum atomic E-state index is 0.104. The van der Waals surface area contributed by atoms with E-state index in [4.69, 9.17) is 11.6 Å². The summed E-state index contributed by atoms with van der Waals surface area (Å²) in [6.07, 6.45) is 0. The van der Waals surface area contributed by atoms with Gasteiger partial charge in [-0.2, -0.15) is 0 Å². The Morgan fingerprint density at radius 3 is 2.50 bits per heavy atom. The molecule has 3 rings (SSSR count). The van der Waals surface area contributed by atoms with Gasteiger partial charge in [-0.15, -0.1) is 0 Å². The number of carbonyl (C=O) groups excluding carboxylic acids is 1. The number of nitrogens with one attached hydrogen (secondary N) is 3. The fourth-order valence-electron chi connectivity index (χ4n) is 3.54. The molecule has 5 heteroatoms. The molecular formula is C21H28ClN3O+2. The average molecular weight is 374 g/mol. The highest BCUT2D eigenvalue weighted by Crippen LogP contribution is 2.15. The predicted molar refractivity (Wildman–Crippen MR) is 106 cm³/mol. The third kappa shape index (κ3) is 5.31. The van der Waals surface area contributed by atoms with Crippen LogP contribution in [0.25, 0.3) is 0 Å². The van der Waals surface area contributed by atoms with Crippen molar-refractivity contribution in [2.24, 2.45) is 0 Å². The Morgan fingerprint density at radius 1 is 1.04 bits per heavy atom. The number of benzene rings is 2. The number of anilines is 1. The third-order valence-corrected chi connectivity index (χ3v) is 5.32. The first-order chi connectivity index (χ1) is 12.5. The number of amides is 1. The standard InChI is InChI=1S/C21H26ClN3O/c1-16-6-7-17(2)20(12-16)23-21(26)15-25-10-8-24(9-11-25)14-18-4-3-5-19(22)13-18/h3-7,12-13H,8-11,14-15H2,1-2H3,(H,23,26)/p+2. The lowest BCUT2D eigenvalue weighted by Gasteiger charge is -2.29. The van der Waals surface area contributed by atoms with Crippen LogP contribution >= 0.6 is 11.6 Å². The topological polar surface area (TPSA) is 38.0 Å². The molecule has 1 heterocycles. The van der Waals surface area contributed by atoms with Crippen LogP contribution in [0.3, 0.4) is 0 Å². The van der Waals surface area contributed by atoms with E-state index in [1.54, 1.807) is 4.90 Å². The lowest BCUT2D eigenvalue weighted by Crippen LogP contribution is -3.28. The summed E-state index contributed by atoms with van der Waals surface area (Å²) in [4.78, 5) is 15.3. The van der Waals surface area contributed by atoms with Crippen molar-refractivity contribution in [1.29, 1.82) is 0 Å². The Balaban J connectivity index is 1.46. The van der Waals surface area contributed by atoms with E-state index in [1.165, 1.54) is 10.5 Å². The quantitative estimate of drug-likeness (QED) is 0.715. The minimum Gasteiger partial charge on any atom is -0.322 e. The molecule has 0 saturated carbocycles. The smallest absolute Gasteiger partial charge is 0.279 e. The Morgan fingerprint density at radius 2 is 1.77 bits per heavy atom. The summed E-state index contributed by atoms with van der Waals surface area (Å²) in [6.45, 7) is 9.83. The van der Waals surface area contributed by atoms with Gasteiger partial charge in [-0.1, -0.05) is 35.9 Å². The fraction of sp³-hybridized carbons (Fsp3) is 0.381. The number of aryl methyl sites for hydroxylation is 2. The molecule has 1 saturated heterocycles. The Bertz CT molecular complexity index is 770. The van der Waals surface area contributed by atoms with Crippen molar-refractivity contribution in [3.05, 3.63) is 64.2 Å². The lowest BCUT2D eigenvalue weighted by molar-refractivity contribution is -1.02. The van der Waals surface area contributed by atoms with Gasteiger partial charge in [0, 0.05) is 16.3 Å². The van der Waals surface area contributed by atoms with Gasteiger partial charge in [-0.25, -0.2) is 0 Å². The first-order valence-corrected chi connectivity index (χ1v) is 9.66. The predicted octanol–water partition coefficient (Wildman–Crippen LogP) is 0.879. The largest absolute Gasteiger partial charge is 0.322 e. The molecule has 4 nitrogen and oxygen atoms in total. The summed E-state index contributed by atoms with van der Waals surface area (Å²) < 4.78 is 0. The van der Waals surface area contributed by atoms with Crippen molar-refractivity contribution in [2.45, 2.75) is 20.4 Å². The van der Waals surface area contributed by atoms with Gasteiger partial charge < -0.3 is 15.1 Å². The van der Waals surface area contributed by atoms with E-state index in [1.807, 2.05) is 38.1 Å². The summed E-state index contributed by atoms with van der Waals surface area (Å²) in [7, 11) is 0. The zero-order valence-corrected chi connectivity index (χ0v) is 16.3. The first kappa shape index (κ1) is 18.9. The monoisotopic (exact) mass is 373 g/mol. The van der Waals surface area contributed by atoms with E-state index in [0.29, 0.717) is 6.54 Å². The molecule has 2 aromatic rings. The van der Waals surface area contributed by atoms with E-state index in [9.17, 15) is 4.79 Å². The zero-order valence-electron chi connectivity index (χ0n) is 15.6. The van der Waals surface area contributed by atoms with Crippen molar-refractivity contribution in [2.75, 3.05) is 38.0 Å². The summed E-state index contributed by atoms with van der Waals surface area (Å²) in [5, 5.41) is 3.87. The van der Waals surface area contributed by atoms with Crippen LogP contribution in [0, 0.1) is 13.8 Å². The lowest BCUT2D eigenvalue weighted by atomic mass is 10.1. The van der Waals surface area contributed by atoms with Crippen LogP contribution in [-0.4, -0.2) is 38.6 Å². The molecule has 138 valence electrons. The maximum atomic E-state index is 12.4. The molecule has 1 aliphatic heterocycles. The van der Waals surface area contributed by atoms with Gasteiger partial charge in [0.2, 0.25) is 0 Å². The van der Waals surface area contributed by atoms with E-state index in [-0.39, 0.29) is 5.91 Å². The van der Waals surface area contributed by atoms with Crippen LogP contribution in [0.1, 0.15) is 16.7 Å². The van der Waals surface area contributed by atoms with Gasteiger partial charge in [0.15, 0.2) is 6.54 Å². The molecule has 0 radical (unpaired) electrons. The maximum Gasteiger partial charge on any atom is 0.279 e. The van der Waals surface area contributed by atoms with Crippen LogP contribution in [0.15, 0.2) is 42.5 Å². The van der Waals surface area contributed by atoms with E-state index >= 15 is 0 Å². The van der Waals surface area contributed by atoms with Crippen molar-refractivity contribution in [3.63, 3.8) is 0 Å². The molecule has 0 aliphatic carbocycles. The summed E-state index contributed by atoms with van der Waals surface area (Å²) >= 11 is 6.07. The molecule has 0 bridgehead atoms. The summed E-state index contributed by atoms with van der Waals surface area (Å²) in [5.74, 6) is 0.104. The molecule has 2 aromatic carbocycles. The normalized spacial score (nSPS) is 20.0. The number of piperazine rings is 1. The van der Waals surface area contributed by atoms with E-state index < -0.39 is 0 Å². The van der Waals surface area contributed by atoms with Crippen molar-refractivity contribution < 1.29 is 14.6 Å². The van der Waals surface area contributed by atoms with Crippen LogP contribution in [-0.2, 0) is 11.3 Å². The second-order valence-corrected chi connectivity index (χ2v) is 7.79. The molecular weight excluding hydrogens is 346 g/mol. The number of quaternary nitrogens is 2. The first-order valence-electron chi connectivity index (χ1n) is 9.28. The Hall–Kier alpha value is -1.88. The van der Waals surface area contributed by atoms with Crippen LogP contribution in [0.2, 0.25) is 5.02 Å². The molecule has 1 amide bonds. The van der Waals surface area contributed by atoms with Crippen molar-refractivity contribution >= 4 is 23.2 Å². The number of halogens is 1. The molecule has 0 unspecified atom stereocenters. The highest BCUT2D eigenvalue weighted by molar-refractivity contribution is 6.30. The second kappa shape index (κ2) is 8.67. The molecule has 0 spiro atoms. The minimum absolute atomic E-state index is 0.104. The average Bonchev–Trinajstić information content (AvgIpc) is 2.60. The van der Waals surface area contributed by atoms with Crippen LogP contribution in [0.4, 0.5) is 5.69 Å². The van der Waals surface area contributed by atoms with Crippen LogP contribution < -0.4 is 15.1 Å². The van der Waals surface area contributed by atoms with Gasteiger partial charge in [0.1, 0.15) is 32.7 Å². The van der Waals surface area contributed by atoms with Gasteiger partial charge in [-0.3, -0.25) is 4.79 Å². The van der Waals surface area contributed by atoms with Gasteiger partial charge in [0.25, 0.3) is 5.91 Å². The number of hydrogen-bond donors (Lipinski definition) is 3. The van der Waals surface area contributed by atoms with Crippen LogP contribution in [0.5, 0.6) is 0 Å². The zero-order chi connectivity index (χ0) is 18.5. The molecule has 3 N–H and O–H groups in total. The second-order valence-electron chi connectivity index (χ2n) is 7.35. The van der Waals surface area contributed by atoms with E-state index in [0.717, 1.165) is 54.6 Å². The van der Waals surface area contributed by atoms with Crippen molar-refractivity contribution in [1.82, 2.24) is 0 Å². The molecule has 0 atom stereocenters. The highest BCUT2D eigenvalue weighted by Gasteiger charge is 2.25. The SMILES string of the molecule is Cc1ccc(C)c(NC(=O)C[NH+]2CC[NH+](Cc3cccc(Cl)c3)CC2)c1. The van der Waals surface area contributed by atoms with E-state index in [2.05, 4.69) is 23.5 Å². The number of hydrogen-bond acceptors (Lipinski definition) is 1. The molecule has 1 aliphatic rings. The Labute approximate surface area is 160 Å². The molecule has 1 fully saturated rings. The number of rotatable bonds is 5. The third-order valence-electron chi connectivity index (χ3n) is 5.09. The van der Waals surface area contributed by atoms with Gasteiger partial charge in [-0.05, 0) is 43.2 Å². The molecule has 0 aromatic heterocycles. The maximum absolute atomic E-state index is 12.4. The highest BCUT2D eigenvalue weighted by atomic mass is 35.5. The number of carbonyl (C=O) groups is 1. The Kier molecular flexibility index (Phi) is 6.30. The van der Waals surface area contributed by atoms with Gasteiger partial charge in [0.05, 0.1) is 0 Å². The summed E-state index contributed by atoms with van der Waals surface area (Å²) in [5.41, 5.74) is 4.48. The van der Waals surface area contributed by atoms with Gasteiger partial charge >= 0.3 is 0 Å². The molecule has 26 heavy (non-hydrogen) atoms.